The molecule has 1 aromatic carbocycles. The molecule has 0 aliphatic heterocycles. The molecule has 1 atom stereocenters. The lowest BCUT2D eigenvalue weighted by atomic mass is 9.95. The predicted molar refractivity (Wildman–Crippen MR) is 86.2 cm³/mol. The Morgan fingerprint density at radius 1 is 0.955 bits per heavy atom. The minimum absolute atomic E-state index is 0.405. The number of benzene rings is 1. The average molecular weight is 302 g/mol. The third kappa shape index (κ3) is 3.14. The van der Waals surface area contributed by atoms with E-state index >= 15 is 0 Å². The Morgan fingerprint density at radius 3 is 2.18 bits per heavy atom. The number of allylic oxidation sites excluding steroid dienone is 3. The molecule has 0 bridgehead atoms. The molecule has 1 aromatic rings. The van der Waals surface area contributed by atoms with Crippen molar-refractivity contribution in [3.8, 4) is 0 Å². The van der Waals surface area contributed by atoms with Gasteiger partial charge in [-0.05, 0) is 23.3 Å². The highest BCUT2D eigenvalue weighted by molar-refractivity contribution is 5.56. The zero-order valence-corrected chi connectivity index (χ0v) is 13.4. The van der Waals surface area contributed by atoms with Gasteiger partial charge < -0.3 is 18.9 Å². The Bertz CT molecular complexity index is 568. The Kier molecular flexibility index (Phi) is 5.55. The van der Waals surface area contributed by atoms with Gasteiger partial charge in [-0.1, -0.05) is 42.5 Å². The molecule has 0 heterocycles. The fourth-order valence-corrected chi connectivity index (χ4v) is 2.53. The van der Waals surface area contributed by atoms with E-state index in [1.165, 1.54) is 0 Å². The summed E-state index contributed by atoms with van der Waals surface area (Å²) in [6.45, 7) is 0. The Hall–Kier alpha value is -1.88. The topological polar surface area (TPSA) is 36.9 Å². The van der Waals surface area contributed by atoms with Gasteiger partial charge in [0.15, 0.2) is 5.76 Å². The van der Waals surface area contributed by atoms with Crippen LogP contribution in [0.4, 0.5) is 0 Å². The van der Waals surface area contributed by atoms with E-state index in [9.17, 15) is 0 Å². The lowest BCUT2D eigenvalue weighted by Gasteiger charge is -2.38. The first-order chi connectivity index (χ1) is 10.7. The lowest BCUT2D eigenvalue weighted by Crippen LogP contribution is -2.49. The highest BCUT2D eigenvalue weighted by atomic mass is 16.7. The van der Waals surface area contributed by atoms with Gasteiger partial charge in [0.05, 0.1) is 7.11 Å². The summed E-state index contributed by atoms with van der Waals surface area (Å²) in [5.41, 5.74) is 2.09. The number of ether oxygens (including phenoxy) is 4. The van der Waals surface area contributed by atoms with E-state index in [1.54, 1.807) is 28.4 Å². The van der Waals surface area contributed by atoms with Gasteiger partial charge in [-0.25, -0.2) is 0 Å². The molecule has 4 heteroatoms. The molecule has 0 saturated carbocycles. The molecule has 0 saturated heterocycles. The molecule has 0 spiro atoms. The normalized spacial score (nSPS) is 20.6. The smallest absolute Gasteiger partial charge is 0.258 e. The standard InChI is InChI=1S/C18H22O4/c1-19-16-12-15(11-10-14-8-6-5-7-9-14)13-17(20-2)18(16,21-3)22-4/h5-13,16H,1-4H3. The zero-order chi connectivity index (χ0) is 16.0. The van der Waals surface area contributed by atoms with Crippen LogP contribution in [0.3, 0.4) is 0 Å². The van der Waals surface area contributed by atoms with Crippen molar-refractivity contribution in [3.63, 3.8) is 0 Å². The van der Waals surface area contributed by atoms with Crippen LogP contribution in [0.15, 0.2) is 59.9 Å². The van der Waals surface area contributed by atoms with Gasteiger partial charge in [0.1, 0.15) is 6.10 Å². The van der Waals surface area contributed by atoms with E-state index in [4.69, 9.17) is 18.9 Å². The fraction of sp³-hybridized carbons (Fsp3) is 0.333. The molecule has 1 unspecified atom stereocenters. The van der Waals surface area contributed by atoms with Crippen LogP contribution >= 0.6 is 0 Å². The van der Waals surface area contributed by atoms with E-state index in [1.807, 2.05) is 54.6 Å². The molecule has 0 radical (unpaired) electrons. The highest BCUT2D eigenvalue weighted by Gasteiger charge is 2.46. The molecular formula is C18H22O4. The molecule has 1 aliphatic carbocycles. The van der Waals surface area contributed by atoms with Crippen molar-refractivity contribution in [2.75, 3.05) is 28.4 Å². The van der Waals surface area contributed by atoms with Crippen molar-refractivity contribution >= 4 is 6.08 Å². The van der Waals surface area contributed by atoms with Crippen LogP contribution in [-0.4, -0.2) is 40.3 Å². The van der Waals surface area contributed by atoms with Gasteiger partial charge in [-0.2, -0.15) is 0 Å². The Morgan fingerprint density at radius 2 is 1.64 bits per heavy atom. The molecule has 22 heavy (non-hydrogen) atoms. The second kappa shape index (κ2) is 7.40. The van der Waals surface area contributed by atoms with Crippen molar-refractivity contribution in [1.82, 2.24) is 0 Å². The third-order valence-electron chi connectivity index (χ3n) is 3.71. The summed E-state index contributed by atoms with van der Waals surface area (Å²) in [4.78, 5) is 0. The first-order valence-electron chi connectivity index (χ1n) is 7.04. The monoisotopic (exact) mass is 302 g/mol. The molecule has 0 aromatic heterocycles. The van der Waals surface area contributed by atoms with Gasteiger partial charge in [-0.15, -0.1) is 0 Å². The van der Waals surface area contributed by atoms with E-state index < -0.39 is 11.9 Å². The van der Waals surface area contributed by atoms with Crippen LogP contribution in [-0.2, 0) is 18.9 Å². The number of hydrogen-bond acceptors (Lipinski definition) is 4. The van der Waals surface area contributed by atoms with E-state index in [2.05, 4.69) is 0 Å². The van der Waals surface area contributed by atoms with Crippen molar-refractivity contribution in [2.45, 2.75) is 11.9 Å². The molecule has 0 amide bonds. The molecule has 0 fully saturated rings. The van der Waals surface area contributed by atoms with Gasteiger partial charge in [0.2, 0.25) is 0 Å². The Balaban J connectivity index is 2.32. The lowest BCUT2D eigenvalue weighted by molar-refractivity contribution is -0.246. The average Bonchev–Trinajstić information content (AvgIpc) is 2.59. The van der Waals surface area contributed by atoms with Crippen molar-refractivity contribution < 1.29 is 18.9 Å². The zero-order valence-electron chi connectivity index (χ0n) is 13.4. The minimum Gasteiger partial charge on any atom is -0.495 e. The van der Waals surface area contributed by atoms with E-state index in [-0.39, 0.29) is 0 Å². The van der Waals surface area contributed by atoms with Crippen LogP contribution in [0.25, 0.3) is 6.08 Å². The quantitative estimate of drug-likeness (QED) is 0.756. The molecule has 4 nitrogen and oxygen atoms in total. The number of methoxy groups -OCH3 is 4. The summed E-state index contributed by atoms with van der Waals surface area (Å²) in [6.07, 6.45) is 7.49. The van der Waals surface area contributed by atoms with Crippen LogP contribution in [0.2, 0.25) is 0 Å². The summed E-state index contributed by atoms with van der Waals surface area (Å²) in [5, 5.41) is 0. The maximum atomic E-state index is 5.54. The van der Waals surface area contributed by atoms with Crippen molar-refractivity contribution in [3.05, 3.63) is 65.5 Å². The van der Waals surface area contributed by atoms with Crippen LogP contribution in [0, 0.1) is 0 Å². The van der Waals surface area contributed by atoms with Gasteiger partial charge in [0.25, 0.3) is 5.79 Å². The fourth-order valence-electron chi connectivity index (χ4n) is 2.53. The molecule has 1 aliphatic rings. The van der Waals surface area contributed by atoms with Gasteiger partial charge >= 0.3 is 0 Å². The molecular weight excluding hydrogens is 280 g/mol. The largest absolute Gasteiger partial charge is 0.495 e. The Labute approximate surface area is 131 Å². The first-order valence-corrected chi connectivity index (χ1v) is 7.04. The minimum atomic E-state index is -1.06. The second-order valence-electron chi connectivity index (χ2n) is 4.86. The summed E-state index contributed by atoms with van der Waals surface area (Å²) < 4.78 is 22.1. The highest BCUT2D eigenvalue weighted by Crippen LogP contribution is 2.35. The number of rotatable bonds is 6. The molecule has 2 rings (SSSR count). The summed E-state index contributed by atoms with van der Waals surface area (Å²) in [7, 11) is 6.35. The predicted octanol–water partition coefficient (Wildman–Crippen LogP) is 3.17. The van der Waals surface area contributed by atoms with E-state index in [0.717, 1.165) is 11.1 Å². The van der Waals surface area contributed by atoms with Crippen molar-refractivity contribution in [1.29, 1.82) is 0 Å². The second-order valence-corrected chi connectivity index (χ2v) is 4.86. The van der Waals surface area contributed by atoms with E-state index in [0.29, 0.717) is 5.76 Å². The summed E-state index contributed by atoms with van der Waals surface area (Å²) >= 11 is 0. The molecule has 118 valence electrons. The van der Waals surface area contributed by atoms with Crippen LogP contribution in [0.1, 0.15) is 5.56 Å². The van der Waals surface area contributed by atoms with Crippen molar-refractivity contribution in [2.24, 2.45) is 0 Å². The maximum Gasteiger partial charge on any atom is 0.258 e. The summed E-state index contributed by atoms with van der Waals surface area (Å²) in [6, 6.07) is 10.1. The number of hydrogen-bond donors (Lipinski definition) is 0. The third-order valence-corrected chi connectivity index (χ3v) is 3.71. The maximum absolute atomic E-state index is 5.54. The summed E-state index contributed by atoms with van der Waals surface area (Å²) in [5.74, 6) is -0.493. The SMILES string of the molecule is COC1=CC(C=Cc2ccccc2)=CC(OC)C1(OC)OC. The van der Waals surface area contributed by atoms with Crippen LogP contribution < -0.4 is 0 Å². The van der Waals surface area contributed by atoms with Gasteiger partial charge in [0, 0.05) is 21.3 Å². The van der Waals surface area contributed by atoms with Gasteiger partial charge in [-0.3, -0.25) is 0 Å². The first kappa shape index (κ1) is 16.5. The molecule has 0 N–H and O–H groups in total. The van der Waals surface area contributed by atoms with Crippen LogP contribution in [0.5, 0.6) is 0 Å².